The Morgan fingerprint density at radius 3 is 2.88 bits per heavy atom. The number of amides is 1. The van der Waals surface area contributed by atoms with Gasteiger partial charge >= 0.3 is 0 Å². The van der Waals surface area contributed by atoms with E-state index in [4.69, 9.17) is 4.74 Å². The molecule has 0 spiro atoms. The minimum atomic E-state index is -0.305. The van der Waals surface area contributed by atoms with Gasteiger partial charge < -0.3 is 15.2 Å². The molecule has 0 bridgehead atoms. The van der Waals surface area contributed by atoms with E-state index in [1.165, 1.54) is 5.57 Å². The molecule has 134 valence electrons. The monoisotopic (exact) mass is 341 g/mol. The number of phenols is 1. The Morgan fingerprint density at radius 2 is 2.20 bits per heavy atom. The van der Waals surface area contributed by atoms with E-state index in [2.05, 4.69) is 38.7 Å². The Morgan fingerprint density at radius 1 is 1.48 bits per heavy atom. The van der Waals surface area contributed by atoms with Gasteiger partial charge in [-0.3, -0.25) is 4.79 Å². The number of benzene rings is 1. The van der Waals surface area contributed by atoms with E-state index >= 15 is 0 Å². The molecule has 25 heavy (non-hydrogen) atoms. The first kappa shape index (κ1) is 17.6. The summed E-state index contributed by atoms with van der Waals surface area (Å²) in [6, 6.07) is 1.88. The summed E-state index contributed by atoms with van der Waals surface area (Å²) in [6.07, 6.45) is 5.92. The van der Waals surface area contributed by atoms with Crippen molar-refractivity contribution in [2.75, 3.05) is 6.54 Å². The Hall–Kier alpha value is -2.23. The number of aryl methyl sites for hydroxylation is 1. The number of allylic oxidation sites excluding steroid dienone is 2. The molecule has 1 aliphatic heterocycles. The second kappa shape index (κ2) is 6.25. The predicted molar refractivity (Wildman–Crippen MR) is 99.3 cm³/mol. The Kier molecular flexibility index (Phi) is 4.40. The molecule has 2 N–H and O–H groups in total. The van der Waals surface area contributed by atoms with E-state index < -0.39 is 0 Å². The molecular formula is C21H27NO3. The standard InChI is InChI=1S/C21H27NO3/c1-6-9-22-20(24)17-13(3)11-16-18(19(17)23)14-10-12(2)7-8-15(14)21(4,5)25-16/h6,10-11,14-15,23H,1,7-9H2,2-5H3,(H,22,24). The van der Waals surface area contributed by atoms with Crippen LogP contribution in [0.1, 0.15) is 61.0 Å². The molecule has 1 heterocycles. The van der Waals surface area contributed by atoms with Gasteiger partial charge in [0.1, 0.15) is 17.1 Å². The van der Waals surface area contributed by atoms with E-state index in [0.717, 1.165) is 18.4 Å². The van der Waals surface area contributed by atoms with Crippen molar-refractivity contribution in [2.45, 2.75) is 52.1 Å². The smallest absolute Gasteiger partial charge is 0.255 e. The molecule has 0 radical (unpaired) electrons. The summed E-state index contributed by atoms with van der Waals surface area (Å²) in [5, 5.41) is 13.7. The van der Waals surface area contributed by atoms with Crippen molar-refractivity contribution < 1.29 is 14.6 Å². The number of fused-ring (bicyclic) bond motifs is 3. The van der Waals surface area contributed by atoms with Crippen molar-refractivity contribution in [3.63, 3.8) is 0 Å². The molecule has 0 fully saturated rings. The van der Waals surface area contributed by atoms with Crippen LogP contribution in [0.2, 0.25) is 0 Å². The van der Waals surface area contributed by atoms with Gasteiger partial charge in [0.2, 0.25) is 0 Å². The van der Waals surface area contributed by atoms with E-state index in [-0.39, 0.29) is 29.1 Å². The summed E-state index contributed by atoms with van der Waals surface area (Å²) in [5.41, 5.74) is 2.81. The third-order valence-electron chi connectivity index (χ3n) is 5.48. The van der Waals surface area contributed by atoms with Crippen LogP contribution in [0.25, 0.3) is 0 Å². The topological polar surface area (TPSA) is 58.6 Å². The lowest BCUT2D eigenvalue weighted by atomic mass is 9.67. The lowest BCUT2D eigenvalue weighted by Gasteiger charge is -2.46. The molecule has 1 amide bonds. The van der Waals surface area contributed by atoms with Crippen LogP contribution in [0, 0.1) is 12.8 Å². The van der Waals surface area contributed by atoms with Crippen LogP contribution in [0.15, 0.2) is 30.4 Å². The number of hydrogen-bond acceptors (Lipinski definition) is 3. The van der Waals surface area contributed by atoms with Gasteiger partial charge in [-0.15, -0.1) is 6.58 Å². The average molecular weight is 341 g/mol. The van der Waals surface area contributed by atoms with E-state index in [0.29, 0.717) is 23.4 Å². The lowest BCUT2D eigenvalue weighted by Crippen LogP contribution is -2.45. The lowest BCUT2D eigenvalue weighted by molar-refractivity contribution is 0.0107. The Bertz CT molecular complexity index is 761. The number of aromatic hydroxyl groups is 1. The summed E-state index contributed by atoms with van der Waals surface area (Å²) < 4.78 is 6.26. The normalized spacial score (nSPS) is 23.6. The molecule has 2 unspecified atom stereocenters. The van der Waals surface area contributed by atoms with Crippen LogP contribution >= 0.6 is 0 Å². The predicted octanol–water partition coefficient (Wildman–Crippen LogP) is 4.23. The van der Waals surface area contributed by atoms with Gasteiger partial charge in [0.25, 0.3) is 5.91 Å². The van der Waals surface area contributed by atoms with Crippen LogP contribution < -0.4 is 10.1 Å². The minimum absolute atomic E-state index is 0.0491. The number of ether oxygens (including phenoxy) is 1. The molecule has 2 atom stereocenters. The zero-order chi connectivity index (χ0) is 18.4. The molecule has 1 aromatic rings. The van der Waals surface area contributed by atoms with Crippen molar-refractivity contribution >= 4 is 5.91 Å². The number of carbonyl (C=O) groups is 1. The molecule has 2 aliphatic rings. The SMILES string of the molecule is C=CCNC(=O)c1c(C)cc2c(c1O)C1C=C(C)CCC1C(C)(C)O2. The number of nitrogens with one attached hydrogen (secondary N) is 1. The Balaban J connectivity index is 2.16. The van der Waals surface area contributed by atoms with Crippen molar-refractivity contribution in [2.24, 2.45) is 5.92 Å². The van der Waals surface area contributed by atoms with Gasteiger partial charge in [-0.1, -0.05) is 17.7 Å². The highest BCUT2D eigenvalue weighted by Crippen LogP contribution is 2.54. The molecule has 4 heteroatoms. The molecule has 4 nitrogen and oxygen atoms in total. The fourth-order valence-electron chi connectivity index (χ4n) is 4.22. The number of hydrogen-bond donors (Lipinski definition) is 2. The first-order chi connectivity index (χ1) is 11.8. The van der Waals surface area contributed by atoms with Crippen LogP contribution in [-0.2, 0) is 0 Å². The van der Waals surface area contributed by atoms with Crippen LogP contribution in [-0.4, -0.2) is 23.2 Å². The molecule has 1 aliphatic carbocycles. The highest BCUT2D eigenvalue weighted by molar-refractivity contribution is 5.99. The quantitative estimate of drug-likeness (QED) is 0.809. The third kappa shape index (κ3) is 2.94. The van der Waals surface area contributed by atoms with Gasteiger partial charge in [-0.2, -0.15) is 0 Å². The van der Waals surface area contributed by atoms with Gasteiger partial charge in [0, 0.05) is 23.9 Å². The van der Waals surface area contributed by atoms with Gasteiger partial charge in [-0.25, -0.2) is 0 Å². The van der Waals surface area contributed by atoms with E-state index in [1.807, 2.05) is 13.0 Å². The van der Waals surface area contributed by atoms with Gasteiger partial charge in [-0.05, 0) is 52.2 Å². The molecule has 0 aromatic heterocycles. The largest absolute Gasteiger partial charge is 0.507 e. The fraction of sp³-hybridized carbons (Fsp3) is 0.476. The molecule has 3 rings (SSSR count). The Labute approximate surface area is 149 Å². The van der Waals surface area contributed by atoms with E-state index in [9.17, 15) is 9.90 Å². The third-order valence-corrected chi connectivity index (χ3v) is 5.48. The highest BCUT2D eigenvalue weighted by atomic mass is 16.5. The zero-order valence-electron chi connectivity index (χ0n) is 15.5. The molecule has 1 aromatic carbocycles. The summed E-state index contributed by atoms with van der Waals surface area (Å²) >= 11 is 0. The van der Waals surface area contributed by atoms with Crippen molar-refractivity contribution in [3.05, 3.63) is 47.1 Å². The summed E-state index contributed by atoms with van der Waals surface area (Å²) in [7, 11) is 0. The van der Waals surface area contributed by atoms with Gasteiger partial charge in [0.15, 0.2) is 0 Å². The summed E-state index contributed by atoms with van der Waals surface area (Å²) in [6.45, 7) is 12.2. The summed E-state index contributed by atoms with van der Waals surface area (Å²) in [5.74, 6) is 0.802. The zero-order valence-corrected chi connectivity index (χ0v) is 15.5. The first-order valence-electron chi connectivity index (χ1n) is 8.88. The molecule has 0 saturated carbocycles. The summed E-state index contributed by atoms with van der Waals surface area (Å²) in [4.78, 5) is 12.5. The second-order valence-electron chi connectivity index (χ2n) is 7.72. The van der Waals surface area contributed by atoms with E-state index in [1.54, 1.807) is 6.08 Å². The van der Waals surface area contributed by atoms with Crippen molar-refractivity contribution in [3.8, 4) is 11.5 Å². The number of phenolic OH excluding ortho intramolecular Hbond substituents is 1. The first-order valence-corrected chi connectivity index (χ1v) is 8.88. The average Bonchev–Trinajstić information content (AvgIpc) is 2.51. The molecule has 0 saturated heterocycles. The molecular weight excluding hydrogens is 314 g/mol. The number of rotatable bonds is 3. The van der Waals surface area contributed by atoms with Crippen molar-refractivity contribution in [1.82, 2.24) is 5.32 Å². The van der Waals surface area contributed by atoms with Crippen LogP contribution in [0.4, 0.5) is 0 Å². The fourth-order valence-corrected chi connectivity index (χ4v) is 4.22. The number of carbonyl (C=O) groups excluding carboxylic acids is 1. The maximum Gasteiger partial charge on any atom is 0.255 e. The second-order valence-corrected chi connectivity index (χ2v) is 7.72. The minimum Gasteiger partial charge on any atom is -0.507 e. The van der Waals surface area contributed by atoms with Crippen LogP contribution in [0.3, 0.4) is 0 Å². The maximum atomic E-state index is 12.5. The maximum absolute atomic E-state index is 12.5. The van der Waals surface area contributed by atoms with Crippen molar-refractivity contribution in [1.29, 1.82) is 0 Å². The van der Waals surface area contributed by atoms with Gasteiger partial charge in [0.05, 0.1) is 5.56 Å². The highest BCUT2D eigenvalue weighted by Gasteiger charge is 2.46. The van der Waals surface area contributed by atoms with Crippen LogP contribution in [0.5, 0.6) is 11.5 Å².